The van der Waals surface area contributed by atoms with Crippen LogP contribution in [0, 0.1) is 17.7 Å². The first-order valence-electron chi connectivity index (χ1n) is 11.5. The van der Waals surface area contributed by atoms with Crippen molar-refractivity contribution < 1.29 is 23.5 Å². The summed E-state index contributed by atoms with van der Waals surface area (Å²) < 4.78 is 25.9. The van der Waals surface area contributed by atoms with Crippen molar-refractivity contribution in [1.82, 2.24) is 29.7 Å². The molecular formula is C24H24FN7O4. The Bertz CT molecular complexity index is 1360. The average Bonchev–Trinajstić information content (AvgIpc) is 3.35. The number of halogens is 1. The lowest BCUT2D eigenvalue weighted by molar-refractivity contribution is -0.134. The molecule has 1 aliphatic carbocycles. The van der Waals surface area contributed by atoms with E-state index >= 15 is 0 Å². The summed E-state index contributed by atoms with van der Waals surface area (Å²) in [6.45, 7) is 0.0319. The van der Waals surface area contributed by atoms with Gasteiger partial charge < -0.3 is 20.5 Å². The van der Waals surface area contributed by atoms with E-state index in [9.17, 15) is 14.0 Å². The van der Waals surface area contributed by atoms with Crippen molar-refractivity contribution in [3.8, 4) is 17.6 Å². The van der Waals surface area contributed by atoms with E-state index in [2.05, 4.69) is 32.1 Å². The number of imidazole rings is 1. The van der Waals surface area contributed by atoms with Crippen molar-refractivity contribution in [2.45, 2.75) is 44.1 Å². The van der Waals surface area contributed by atoms with Gasteiger partial charge in [-0.1, -0.05) is 5.92 Å². The van der Waals surface area contributed by atoms with Crippen LogP contribution in [0.5, 0.6) is 5.75 Å². The number of amides is 2. The van der Waals surface area contributed by atoms with Gasteiger partial charge in [-0.05, 0) is 55.9 Å². The van der Waals surface area contributed by atoms with E-state index in [1.807, 2.05) is 0 Å². The largest absolute Gasteiger partial charge is 0.415 e. The number of nitrogens with zero attached hydrogens (tertiary/aromatic N) is 5. The minimum atomic E-state index is -0.650. The molecule has 0 radical (unpaired) electrons. The Morgan fingerprint density at radius 2 is 2.03 bits per heavy atom. The van der Waals surface area contributed by atoms with Crippen molar-refractivity contribution in [2.24, 2.45) is 0 Å². The third-order valence-electron chi connectivity index (χ3n) is 5.82. The Hall–Kier alpha value is -4.24. The molecule has 1 saturated heterocycles. The van der Waals surface area contributed by atoms with Crippen LogP contribution in [0.2, 0.25) is 0 Å². The predicted octanol–water partition coefficient (Wildman–Crippen LogP) is 1.99. The highest BCUT2D eigenvalue weighted by atomic mass is 19.1. The van der Waals surface area contributed by atoms with Crippen LogP contribution in [-0.2, 0) is 9.53 Å². The molecular weight excluding hydrogens is 469 g/mol. The molecule has 2 aromatic heterocycles. The smallest absolute Gasteiger partial charge is 0.410 e. The number of hydrogen-bond donors (Lipinski definition) is 2. The number of fused-ring (bicyclic) bond motifs is 1. The molecule has 1 aliphatic heterocycles. The number of nitrogens with one attached hydrogen (secondary N) is 1. The molecule has 36 heavy (non-hydrogen) atoms. The van der Waals surface area contributed by atoms with Crippen molar-refractivity contribution in [3.05, 3.63) is 42.2 Å². The van der Waals surface area contributed by atoms with Gasteiger partial charge in [0.2, 0.25) is 11.7 Å². The highest BCUT2D eigenvalue weighted by Gasteiger charge is 2.35. The first-order valence-corrected chi connectivity index (χ1v) is 11.5. The average molecular weight is 493 g/mol. The lowest BCUT2D eigenvalue weighted by Gasteiger charge is -2.15. The summed E-state index contributed by atoms with van der Waals surface area (Å²) in [6, 6.07) is 5.39. The maximum atomic E-state index is 13.0. The molecule has 11 nitrogen and oxygen atoms in total. The number of anilines is 1. The summed E-state index contributed by atoms with van der Waals surface area (Å²) in [4.78, 5) is 38.7. The molecule has 12 heteroatoms. The summed E-state index contributed by atoms with van der Waals surface area (Å²) in [5.41, 5.74) is 6.93. The fourth-order valence-electron chi connectivity index (χ4n) is 3.73. The number of carbonyl (C=O) groups is 2. The molecule has 2 aliphatic rings. The molecule has 5 rings (SSSR count). The van der Waals surface area contributed by atoms with Crippen LogP contribution < -0.4 is 15.8 Å². The quantitative estimate of drug-likeness (QED) is 0.515. The van der Waals surface area contributed by atoms with E-state index in [0.29, 0.717) is 24.0 Å². The minimum Gasteiger partial charge on any atom is -0.410 e. The summed E-state index contributed by atoms with van der Waals surface area (Å²) >= 11 is 0. The maximum absolute atomic E-state index is 13.0. The summed E-state index contributed by atoms with van der Waals surface area (Å²) in [5, 5.41) is 2.97. The lowest BCUT2D eigenvalue weighted by atomic mass is 10.2. The highest BCUT2D eigenvalue weighted by molar-refractivity contribution is 5.83. The third kappa shape index (κ3) is 5.21. The Labute approximate surface area is 205 Å². The van der Waals surface area contributed by atoms with E-state index in [1.54, 1.807) is 10.9 Å². The molecule has 3 aromatic rings. The maximum Gasteiger partial charge on any atom is 0.415 e. The van der Waals surface area contributed by atoms with E-state index in [0.717, 1.165) is 12.8 Å². The monoisotopic (exact) mass is 493 g/mol. The van der Waals surface area contributed by atoms with Crippen molar-refractivity contribution in [2.75, 3.05) is 19.3 Å². The fourth-order valence-corrected chi connectivity index (χ4v) is 3.73. The molecule has 0 spiro atoms. The SMILES string of the molecule is CN(CC#Cc1nc(N)c2ncn([C@H]3CC[C@@H](C(=O)NC4CC4)O3)c2n1)C(=O)Oc1ccc(F)cc1. The van der Waals surface area contributed by atoms with Crippen LogP contribution in [0.15, 0.2) is 30.6 Å². The van der Waals surface area contributed by atoms with Crippen LogP contribution in [0.25, 0.3) is 11.2 Å². The van der Waals surface area contributed by atoms with Gasteiger partial charge in [0.05, 0.1) is 12.9 Å². The van der Waals surface area contributed by atoms with Crippen molar-refractivity contribution in [3.63, 3.8) is 0 Å². The summed E-state index contributed by atoms with van der Waals surface area (Å²) in [7, 11) is 1.52. The van der Waals surface area contributed by atoms with Crippen LogP contribution in [0.3, 0.4) is 0 Å². The highest BCUT2D eigenvalue weighted by Crippen LogP contribution is 2.32. The Morgan fingerprint density at radius 1 is 1.25 bits per heavy atom. The number of nitrogens with two attached hydrogens (primary N) is 1. The third-order valence-corrected chi connectivity index (χ3v) is 5.82. The molecule has 2 fully saturated rings. The van der Waals surface area contributed by atoms with E-state index < -0.39 is 24.2 Å². The van der Waals surface area contributed by atoms with E-state index in [4.69, 9.17) is 15.2 Å². The number of nitrogen functional groups attached to an aromatic ring is 1. The van der Waals surface area contributed by atoms with Crippen LogP contribution in [0.1, 0.15) is 37.7 Å². The molecule has 1 aromatic carbocycles. The second-order valence-corrected chi connectivity index (χ2v) is 8.68. The standard InChI is InChI=1S/C24H24FN7O4/c1-31(24(34)35-16-8-4-14(25)5-9-16)12-2-3-18-29-21(26)20-22(30-18)32(13-27-20)19-11-10-17(36-19)23(33)28-15-6-7-15/h4-5,8-9,13,15,17,19H,6-7,10-12H2,1H3,(H,28,33)(H2,26,29,30)/t17-,19+/m0/s1. The predicted molar refractivity (Wildman–Crippen MR) is 126 cm³/mol. The van der Waals surface area contributed by atoms with Gasteiger partial charge in [-0.3, -0.25) is 14.3 Å². The first kappa shape index (κ1) is 23.5. The van der Waals surface area contributed by atoms with Crippen LogP contribution in [-0.4, -0.2) is 62.2 Å². The number of carbonyl (C=O) groups excluding carboxylic acids is 2. The van der Waals surface area contributed by atoms with Gasteiger partial charge in [0.1, 0.15) is 29.4 Å². The zero-order valence-electron chi connectivity index (χ0n) is 19.5. The molecule has 0 bridgehead atoms. The zero-order valence-corrected chi connectivity index (χ0v) is 19.5. The Morgan fingerprint density at radius 3 is 2.78 bits per heavy atom. The van der Waals surface area contributed by atoms with E-state index in [-0.39, 0.29) is 35.9 Å². The van der Waals surface area contributed by atoms with Gasteiger partial charge >= 0.3 is 6.09 Å². The Kier molecular flexibility index (Phi) is 6.39. The second kappa shape index (κ2) is 9.79. The molecule has 3 heterocycles. The van der Waals surface area contributed by atoms with Gasteiger partial charge in [-0.25, -0.2) is 24.1 Å². The Balaban J connectivity index is 1.25. The molecule has 1 saturated carbocycles. The fraction of sp³-hybridized carbons (Fsp3) is 0.375. The van der Waals surface area contributed by atoms with Crippen molar-refractivity contribution in [1.29, 1.82) is 0 Å². The molecule has 2 atom stereocenters. The molecule has 0 unspecified atom stereocenters. The van der Waals surface area contributed by atoms with Crippen LogP contribution >= 0.6 is 0 Å². The van der Waals surface area contributed by atoms with Gasteiger partial charge in [0.25, 0.3) is 0 Å². The summed E-state index contributed by atoms with van der Waals surface area (Å²) in [6.07, 6.45) is 3.24. The second-order valence-electron chi connectivity index (χ2n) is 8.68. The molecule has 3 N–H and O–H groups in total. The van der Waals surface area contributed by atoms with Gasteiger partial charge in [-0.2, -0.15) is 0 Å². The minimum absolute atomic E-state index is 0.0319. The number of hydrogen-bond acceptors (Lipinski definition) is 8. The molecule has 2 amide bonds. The lowest BCUT2D eigenvalue weighted by Crippen LogP contribution is -2.35. The number of rotatable bonds is 5. The van der Waals surface area contributed by atoms with Crippen molar-refractivity contribution >= 4 is 29.0 Å². The number of ether oxygens (including phenoxy) is 2. The zero-order chi connectivity index (χ0) is 25.2. The molecule has 186 valence electrons. The first-order chi connectivity index (χ1) is 17.4. The van der Waals surface area contributed by atoms with Crippen LogP contribution in [0.4, 0.5) is 15.0 Å². The van der Waals surface area contributed by atoms with Gasteiger partial charge in [0.15, 0.2) is 11.5 Å². The number of benzene rings is 1. The topological polar surface area (TPSA) is 137 Å². The van der Waals surface area contributed by atoms with E-state index in [1.165, 1.54) is 36.2 Å². The normalized spacial score (nSPS) is 18.9. The summed E-state index contributed by atoms with van der Waals surface area (Å²) in [5.74, 6) is 5.64. The van der Waals surface area contributed by atoms with Gasteiger partial charge in [0, 0.05) is 13.1 Å². The van der Waals surface area contributed by atoms with Gasteiger partial charge in [-0.15, -0.1) is 0 Å². The number of aromatic nitrogens is 4.